The number of benzene rings is 3. The first kappa shape index (κ1) is 27.3. The van der Waals surface area contributed by atoms with Gasteiger partial charge in [0, 0.05) is 0 Å². The van der Waals surface area contributed by atoms with Crippen LogP contribution in [0.1, 0.15) is 16.7 Å². The molecule has 3 aromatic rings. The van der Waals surface area contributed by atoms with E-state index in [1.807, 2.05) is 26.0 Å². The van der Waals surface area contributed by atoms with Gasteiger partial charge in [-0.3, -0.25) is 9.10 Å². The largest absolute Gasteiger partial charge is 0.491 e. The van der Waals surface area contributed by atoms with Gasteiger partial charge in [0.05, 0.1) is 27.7 Å². The highest BCUT2D eigenvalue weighted by atomic mass is 35.5. The minimum atomic E-state index is -4.74. The molecule has 36 heavy (non-hydrogen) atoms. The number of nitrogens with one attached hydrogen (secondary N) is 1. The van der Waals surface area contributed by atoms with Crippen LogP contribution in [0, 0.1) is 13.8 Å². The number of rotatable bonds is 9. The van der Waals surface area contributed by atoms with Gasteiger partial charge < -0.3 is 10.1 Å². The third-order valence-corrected chi connectivity index (χ3v) is 7.27. The third kappa shape index (κ3) is 6.70. The van der Waals surface area contributed by atoms with E-state index in [0.29, 0.717) is 16.1 Å². The van der Waals surface area contributed by atoms with Crippen LogP contribution >= 0.6 is 11.6 Å². The zero-order valence-electron chi connectivity index (χ0n) is 19.5. The van der Waals surface area contributed by atoms with Crippen molar-refractivity contribution >= 4 is 33.2 Å². The zero-order chi connectivity index (χ0) is 26.5. The van der Waals surface area contributed by atoms with Gasteiger partial charge in [-0.2, -0.15) is 13.2 Å². The maximum absolute atomic E-state index is 13.3. The maximum Gasteiger partial charge on any atom is 0.416 e. The van der Waals surface area contributed by atoms with Gasteiger partial charge in [-0.05, 0) is 55.8 Å². The summed E-state index contributed by atoms with van der Waals surface area (Å²) in [7, 11) is -4.43. The second kappa shape index (κ2) is 11.2. The molecule has 0 aliphatic carbocycles. The number of halogens is 4. The van der Waals surface area contributed by atoms with Crippen molar-refractivity contribution in [2.75, 3.05) is 24.0 Å². The summed E-state index contributed by atoms with van der Waals surface area (Å²) in [5.41, 5.74) is 0.427. The Labute approximate surface area is 212 Å². The van der Waals surface area contributed by atoms with Crippen molar-refractivity contribution in [2.24, 2.45) is 0 Å². The first-order valence-corrected chi connectivity index (χ1v) is 12.6. The number of alkyl halides is 3. The first-order chi connectivity index (χ1) is 16.9. The van der Waals surface area contributed by atoms with E-state index < -0.39 is 39.9 Å². The highest BCUT2D eigenvalue weighted by Gasteiger charge is 2.34. The fraction of sp³-hybridized carbons (Fsp3) is 0.240. The van der Waals surface area contributed by atoms with E-state index in [0.717, 1.165) is 23.3 Å². The molecule has 11 heteroatoms. The van der Waals surface area contributed by atoms with Crippen molar-refractivity contribution in [3.8, 4) is 5.75 Å². The summed E-state index contributed by atoms with van der Waals surface area (Å²) >= 11 is 6.11. The van der Waals surface area contributed by atoms with Crippen molar-refractivity contribution in [3.63, 3.8) is 0 Å². The molecule has 192 valence electrons. The standard InChI is InChI=1S/C25H24ClF3N2O4S/c1-17-8-11-23(18(2)14-17)35-13-12-30-24(32)16-31(36(33,34)20-6-4-3-5-7-20)22-15-19(25(27,28)29)9-10-21(22)26/h3-11,14-15H,12-13,16H2,1-2H3,(H,30,32). The van der Waals surface area contributed by atoms with Crippen LogP contribution in [0.15, 0.2) is 71.6 Å². The summed E-state index contributed by atoms with van der Waals surface area (Å²) in [4.78, 5) is 12.5. The monoisotopic (exact) mass is 540 g/mol. The van der Waals surface area contributed by atoms with Crippen molar-refractivity contribution in [1.29, 1.82) is 0 Å². The molecule has 0 aromatic heterocycles. The number of ether oxygens (including phenoxy) is 1. The van der Waals surface area contributed by atoms with Crippen LogP contribution in [-0.4, -0.2) is 34.0 Å². The zero-order valence-corrected chi connectivity index (χ0v) is 21.0. The molecule has 0 aliphatic rings. The van der Waals surface area contributed by atoms with Gasteiger partial charge >= 0.3 is 6.18 Å². The van der Waals surface area contributed by atoms with Crippen molar-refractivity contribution in [3.05, 3.63) is 88.4 Å². The fourth-order valence-corrected chi connectivity index (χ4v) is 5.12. The predicted molar refractivity (Wildman–Crippen MR) is 132 cm³/mol. The minimum Gasteiger partial charge on any atom is -0.491 e. The first-order valence-electron chi connectivity index (χ1n) is 10.8. The molecule has 0 fully saturated rings. The molecule has 3 aromatic carbocycles. The number of hydrogen-bond acceptors (Lipinski definition) is 4. The van der Waals surface area contributed by atoms with Gasteiger partial charge in [-0.1, -0.05) is 47.5 Å². The van der Waals surface area contributed by atoms with Crippen LogP contribution in [0.2, 0.25) is 5.02 Å². The molecular weight excluding hydrogens is 517 g/mol. The van der Waals surface area contributed by atoms with Crippen LogP contribution in [0.5, 0.6) is 5.75 Å². The number of anilines is 1. The number of hydrogen-bond donors (Lipinski definition) is 1. The molecule has 0 aliphatic heterocycles. The molecule has 0 saturated heterocycles. The predicted octanol–water partition coefficient (Wildman–Crippen LogP) is 5.37. The van der Waals surface area contributed by atoms with Crippen LogP contribution < -0.4 is 14.4 Å². The lowest BCUT2D eigenvalue weighted by atomic mass is 10.1. The summed E-state index contributed by atoms with van der Waals surface area (Å²) in [6.45, 7) is 3.18. The van der Waals surface area contributed by atoms with Gasteiger partial charge in [0.1, 0.15) is 18.9 Å². The van der Waals surface area contributed by atoms with E-state index in [4.69, 9.17) is 16.3 Å². The molecule has 0 spiro atoms. The van der Waals surface area contributed by atoms with Crippen LogP contribution in [0.3, 0.4) is 0 Å². The van der Waals surface area contributed by atoms with Crippen LogP contribution in [-0.2, 0) is 21.0 Å². The second-order valence-electron chi connectivity index (χ2n) is 7.96. The van der Waals surface area contributed by atoms with E-state index in [9.17, 15) is 26.4 Å². The normalized spacial score (nSPS) is 11.7. The Bertz CT molecular complexity index is 1330. The Hall–Kier alpha value is -3.24. The molecule has 0 radical (unpaired) electrons. The average molecular weight is 541 g/mol. The van der Waals surface area contributed by atoms with E-state index in [2.05, 4.69) is 5.32 Å². The molecular formula is C25H24ClF3N2O4S. The summed E-state index contributed by atoms with van der Waals surface area (Å²) in [5.74, 6) is -0.105. The highest BCUT2D eigenvalue weighted by Crippen LogP contribution is 2.37. The number of aryl methyl sites for hydroxylation is 2. The lowest BCUT2D eigenvalue weighted by Crippen LogP contribution is -2.42. The van der Waals surface area contributed by atoms with Gasteiger partial charge in [0.15, 0.2) is 0 Å². The number of carbonyl (C=O) groups excluding carboxylic acids is 1. The molecule has 0 atom stereocenters. The van der Waals surface area contributed by atoms with Gasteiger partial charge in [-0.25, -0.2) is 8.42 Å². The SMILES string of the molecule is Cc1ccc(OCCNC(=O)CN(c2cc(C(F)(F)F)ccc2Cl)S(=O)(=O)c2ccccc2)c(C)c1. The maximum atomic E-state index is 13.3. The quantitative estimate of drug-likeness (QED) is 0.370. The summed E-state index contributed by atoms with van der Waals surface area (Å²) in [6, 6.07) is 15.0. The topological polar surface area (TPSA) is 75.7 Å². The fourth-order valence-electron chi connectivity index (χ4n) is 3.40. The molecule has 0 bridgehead atoms. The molecule has 1 amide bonds. The van der Waals surface area contributed by atoms with Crippen molar-refractivity contribution in [1.82, 2.24) is 5.32 Å². The number of nitrogens with zero attached hydrogens (tertiary/aromatic N) is 1. The van der Waals surface area contributed by atoms with Gasteiger partial charge in [0.2, 0.25) is 5.91 Å². The third-order valence-electron chi connectivity index (χ3n) is 5.17. The van der Waals surface area contributed by atoms with E-state index >= 15 is 0 Å². The Morgan fingerprint density at radius 1 is 1.03 bits per heavy atom. The Kier molecular flexibility index (Phi) is 8.52. The highest BCUT2D eigenvalue weighted by molar-refractivity contribution is 7.92. The minimum absolute atomic E-state index is 0.0434. The number of carbonyl (C=O) groups is 1. The summed E-state index contributed by atoms with van der Waals surface area (Å²) in [6.07, 6.45) is -4.74. The van der Waals surface area contributed by atoms with Crippen LogP contribution in [0.4, 0.5) is 18.9 Å². The molecule has 0 saturated carbocycles. The molecule has 0 heterocycles. The van der Waals surface area contributed by atoms with E-state index in [1.165, 1.54) is 24.3 Å². The second-order valence-corrected chi connectivity index (χ2v) is 10.2. The Balaban J connectivity index is 1.81. The number of amides is 1. The van der Waals surface area contributed by atoms with E-state index in [-0.39, 0.29) is 23.1 Å². The average Bonchev–Trinajstić information content (AvgIpc) is 2.81. The summed E-state index contributed by atoms with van der Waals surface area (Å²) in [5, 5.41) is 2.28. The van der Waals surface area contributed by atoms with Gasteiger partial charge in [-0.15, -0.1) is 0 Å². The Morgan fingerprint density at radius 3 is 2.36 bits per heavy atom. The summed E-state index contributed by atoms with van der Waals surface area (Å²) < 4.78 is 72.9. The number of sulfonamides is 1. The van der Waals surface area contributed by atoms with Crippen molar-refractivity contribution < 1.29 is 31.1 Å². The molecule has 1 N–H and O–H groups in total. The Morgan fingerprint density at radius 2 is 1.72 bits per heavy atom. The molecule has 6 nitrogen and oxygen atoms in total. The lowest BCUT2D eigenvalue weighted by molar-refractivity contribution is -0.137. The molecule has 0 unspecified atom stereocenters. The van der Waals surface area contributed by atoms with Crippen molar-refractivity contribution in [2.45, 2.75) is 24.9 Å². The lowest BCUT2D eigenvalue weighted by Gasteiger charge is -2.26. The van der Waals surface area contributed by atoms with E-state index in [1.54, 1.807) is 12.1 Å². The molecule has 3 rings (SSSR count). The smallest absolute Gasteiger partial charge is 0.416 e. The van der Waals surface area contributed by atoms with Gasteiger partial charge in [0.25, 0.3) is 10.0 Å². The van der Waals surface area contributed by atoms with Crippen LogP contribution in [0.25, 0.3) is 0 Å².